The molecule has 0 saturated heterocycles. The van der Waals surface area contributed by atoms with Crippen molar-refractivity contribution in [3.05, 3.63) is 71.6 Å². The number of thioether (sulfide) groups is 1. The van der Waals surface area contributed by atoms with Gasteiger partial charge in [0.1, 0.15) is 11.6 Å². The second-order valence-corrected chi connectivity index (χ2v) is 7.44. The molecule has 2 aromatic heterocycles. The molecular formula is C20H17N2S2+. The molecule has 2 heterocycles. The highest BCUT2D eigenvalue weighted by Gasteiger charge is 2.21. The number of nitriles is 1. The van der Waals surface area contributed by atoms with Crippen LogP contribution in [0.1, 0.15) is 12.5 Å². The second kappa shape index (κ2) is 7.48. The average Bonchev–Trinajstić information content (AvgIpc) is 3.14. The standard InChI is InChI=1S/C20H16N2S2/c1-14(2)13-24-20-17(12-21)16(19-9-6-10-23-19)11-18(22-20)15-7-4-3-5-8-15/h3-11H,1,13H2,2H3/p+1. The van der Waals surface area contributed by atoms with E-state index in [9.17, 15) is 5.26 Å². The third-order valence-corrected chi connectivity index (χ3v) is 5.61. The molecule has 0 unspecified atom stereocenters. The van der Waals surface area contributed by atoms with Gasteiger partial charge in [-0.3, -0.25) is 0 Å². The highest BCUT2D eigenvalue weighted by Crippen LogP contribution is 2.34. The smallest absolute Gasteiger partial charge is 0.198 e. The van der Waals surface area contributed by atoms with Crippen LogP contribution >= 0.6 is 23.1 Å². The van der Waals surface area contributed by atoms with Gasteiger partial charge in [0.2, 0.25) is 5.69 Å². The molecule has 0 aliphatic carbocycles. The number of aromatic amines is 1. The van der Waals surface area contributed by atoms with Crippen LogP contribution in [0.5, 0.6) is 0 Å². The normalized spacial score (nSPS) is 10.3. The lowest BCUT2D eigenvalue weighted by atomic mass is 10.0. The predicted molar refractivity (Wildman–Crippen MR) is 102 cm³/mol. The molecule has 2 nitrogen and oxygen atoms in total. The lowest BCUT2D eigenvalue weighted by Crippen LogP contribution is -2.14. The highest BCUT2D eigenvalue weighted by atomic mass is 32.2. The number of thiophene rings is 1. The largest absolute Gasteiger partial charge is 0.257 e. The molecule has 0 bridgehead atoms. The van der Waals surface area contributed by atoms with Gasteiger partial charge in [-0.15, -0.1) is 11.3 Å². The Balaban J connectivity index is 2.18. The minimum absolute atomic E-state index is 0.698. The maximum Gasteiger partial charge on any atom is 0.257 e. The van der Waals surface area contributed by atoms with Gasteiger partial charge in [0, 0.05) is 27.8 Å². The molecule has 24 heavy (non-hydrogen) atoms. The van der Waals surface area contributed by atoms with E-state index < -0.39 is 0 Å². The highest BCUT2D eigenvalue weighted by molar-refractivity contribution is 7.99. The van der Waals surface area contributed by atoms with Crippen LogP contribution in [-0.4, -0.2) is 5.75 Å². The van der Waals surface area contributed by atoms with Crippen molar-refractivity contribution >= 4 is 23.1 Å². The van der Waals surface area contributed by atoms with E-state index in [4.69, 9.17) is 0 Å². The molecular weight excluding hydrogens is 332 g/mol. The zero-order valence-electron chi connectivity index (χ0n) is 13.4. The van der Waals surface area contributed by atoms with Gasteiger partial charge < -0.3 is 0 Å². The van der Waals surface area contributed by atoms with E-state index in [1.54, 1.807) is 23.1 Å². The Morgan fingerprint density at radius 2 is 2.04 bits per heavy atom. The van der Waals surface area contributed by atoms with Crippen molar-refractivity contribution in [3.8, 4) is 27.8 Å². The summed E-state index contributed by atoms with van der Waals surface area (Å²) >= 11 is 3.28. The van der Waals surface area contributed by atoms with E-state index in [1.165, 1.54) is 0 Å². The third-order valence-electron chi connectivity index (χ3n) is 3.48. The van der Waals surface area contributed by atoms with Crippen LogP contribution in [0.2, 0.25) is 0 Å². The molecule has 4 heteroatoms. The molecule has 0 saturated carbocycles. The maximum atomic E-state index is 9.72. The Morgan fingerprint density at radius 3 is 2.67 bits per heavy atom. The van der Waals surface area contributed by atoms with Crippen molar-refractivity contribution in [2.75, 3.05) is 5.75 Å². The van der Waals surface area contributed by atoms with Crippen LogP contribution in [-0.2, 0) is 0 Å². The second-order valence-electron chi connectivity index (χ2n) is 5.50. The molecule has 0 aliphatic heterocycles. The van der Waals surface area contributed by atoms with Crippen LogP contribution in [0.4, 0.5) is 0 Å². The van der Waals surface area contributed by atoms with E-state index in [1.807, 2.05) is 36.6 Å². The van der Waals surface area contributed by atoms with Crippen LogP contribution in [0.15, 0.2) is 71.1 Å². The molecule has 1 aromatic carbocycles. The monoisotopic (exact) mass is 349 g/mol. The van der Waals surface area contributed by atoms with E-state index in [0.29, 0.717) is 5.56 Å². The molecule has 3 aromatic rings. The molecule has 0 spiro atoms. The summed E-state index contributed by atoms with van der Waals surface area (Å²) in [6.07, 6.45) is 0. The van der Waals surface area contributed by atoms with E-state index in [-0.39, 0.29) is 0 Å². The van der Waals surface area contributed by atoms with Crippen molar-refractivity contribution < 1.29 is 4.98 Å². The van der Waals surface area contributed by atoms with Gasteiger partial charge in [-0.25, -0.2) is 0 Å². The third kappa shape index (κ3) is 3.59. The minimum Gasteiger partial charge on any atom is -0.198 e. The summed E-state index contributed by atoms with van der Waals surface area (Å²) in [4.78, 5) is 4.55. The van der Waals surface area contributed by atoms with Gasteiger partial charge in [-0.05, 0) is 30.5 Å². The zero-order valence-corrected chi connectivity index (χ0v) is 15.0. The first-order valence-corrected chi connectivity index (χ1v) is 9.42. The number of aromatic nitrogens is 1. The lowest BCUT2D eigenvalue weighted by Gasteiger charge is -2.06. The summed E-state index contributed by atoms with van der Waals surface area (Å²) in [6, 6.07) is 18.7. The molecule has 118 valence electrons. The average molecular weight is 350 g/mol. The summed E-state index contributed by atoms with van der Waals surface area (Å²) < 4.78 is 0. The number of H-pyrrole nitrogens is 1. The number of hydrogen-bond donors (Lipinski definition) is 0. The Kier molecular flexibility index (Phi) is 5.14. The quantitative estimate of drug-likeness (QED) is 0.454. The van der Waals surface area contributed by atoms with Gasteiger partial charge in [0.25, 0.3) is 5.03 Å². The number of benzene rings is 1. The Labute approximate surface area is 150 Å². The summed E-state index contributed by atoms with van der Waals surface area (Å²) in [5, 5.41) is 12.7. The summed E-state index contributed by atoms with van der Waals surface area (Å²) in [5.74, 6) is 0.785. The van der Waals surface area contributed by atoms with Crippen molar-refractivity contribution in [3.63, 3.8) is 0 Å². The first-order chi connectivity index (χ1) is 11.7. The molecule has 0 fully saturated rings. The SMILES string of the molecule is C=C(C)CSc1[nH+]c(-c2ccccc2)cc(-c2cccs2)c1C#N. The van der Waals surface area contributed by atoms with Crippen LogP contribution in [0, 0.1) is 11.3 Å². The lowest BCUT2D eigenvalue weighted by molar-refractivity contribution is -0.414. The van der Waals surface area contributed by atoms with Crippen molar-refractivity contribution in [2.45, 2.75) is 11.9 Å². The first kappa shape index (κ1) is 16.5. The molecule has 1 N–H and O–H groups in total. The van der Waals surface area contributed by atoms with Gasteiger partial charge in [-0.2, -0.15) is 10.2 Å². The number of rotatable bonds is 5. The van der Waals surface area contributed by atoms with Gasteiger partial charge in [0.05, 0.1) is 0 Å². The fraction of sp³-hybridized carbons (Fsp3) is 0.100. The maximum absolute atomic E-state index is 9.72. The summed E-state index contributed by atoms with van der Waals surface area (Å²) in [7, 11) is 0. The Morgan fingerprint density at radius 1 is 1.25 bits per heavy atom. The Bertz CT molecular complexity index is 891. The number of nitrogens with one attached hydrogen (secondary N) is 1. The van der Waals surface area contributed by atoms with Gasteiger partial charge >= 0.3 is 0 Å². The Hall–Kier alpha value is -2.35. The molecule has 0 radical (unpaired) electrons. The van der Waals surface area contributed by atoms with Crippen molar-refractivity contribution in [2.24, 2.45) is 0 Å². The van der Waals surface area contributed by atoms with Crippen molar-refractivity contribution in [1.82, 2.24) is 0 Å². The van der Waals surface area contributed by atoms with E-state index in [0.717, 1.165) is 38.0 Å². The summed E-state index contributed by atoms with van der Waals surface area (Å²) in [6.45, 7) is 5.96. The van der Waals surface area contributed by atoms with Gasteiger partial charge in [-0.1, -0.05) is 48.2 Å². The number of nitrogens with zero attached hydrogens (tertiary/aromatic N) is 1. The number of pyridine rings is 1. The predicted octanol–water partition coefficient (Wildman–Crippen LogP) is 5.44. The van der Waals surface area contributed by atoms with Crippen LogP contribution in [0.3, 0.4) is 0 Å². The molecule has 0 aliphatic rings. The van der Waals surface area contributed by atoms with Crippen LogP contribution in [0.25, 0.3) is 21.7 Å². The van der Waals surface area contributed by atoms with E-state index >= 15 is 0 Å². The molecule has 0 amide bonds. The first-order valence-electron chi connectivity index (χ1n) is 7.56. The fourth-order valence-corrected chi connectivity index (χ4v) is 4.00. The summed E-state index contributed by atoms with van der Waals surface area (Å²) in [5.41, 5.74) is 4.89. The van der Waals surface area contributed by atoms with Gasteiger partial charge in [0.15, 0.2) is 0 Å². The van der Waals surface area contributed by atoms with Crippen molar-refractivity contribution in [1.29, 1.82) is 5.26 Å². The van der Waals surface area contributed by atoms with E-state index in [2.05, 4.69) is 41.9 Å². The molecule has 0 atom stereocenters. The van der Waals surface area contributed by atoms with Crippen LogP contribution < -0.4 is 4.98 Å². The minimum atomic E-state index is 0.698. The number of hydrogen-bond acceptors (Lipinski definition) is 3. The molecule has 3 rings (SSSR count). The topological polar surface area (TPSA) is 37.9 Å². The fourth-order valence-electron chi connectivity index (χ4n) is 2.37. The zero-order chi connectivity index (χ0) is 16.9.